The van der Waals surface area contributed by atoms with E-state index in [0.717, 1.165) is 5.75 Å². The van der Waals surface area contributed by atoms with Crippen molar-refractivity contribution >= 4 is 17.7 Å². The quantitative estimate of drug-likeness (QED) is 0.606. The van der Waals surface area contributed by atoms with Crippen LogP contribution in [-0.2, 0) is 0 Å². The lowest BCUT2D eigenvalue weighted by Crippen LogP contribution is -2.02. The highest BCUT2D eigenvalue weighted by atomic mass is 31.0. The van der Waals surface area contributed by atoms with E-state index in [9.17, 15) is 0 Å². The molecule has 0 fully saturated rings. The zero-order valence-electron chi connectivity index (χ0n) is 12.6. The van der Waals surface area contributed by atoms with Crippen LogP contribution in [0.25, 0.3) is 0 Å². The highest BCUT2D eigenvalue weighted by Gasteiger charge is 2.16. The third-order valence-electron chi connectivity index (χ3n) is 3.76. The van der Waals surface area contributed by atoms with Crippen LogP contribution in [0.4, 0.5) is 0 Å². The lowest BCUT2D eigenvalue weighted by Gasteiger charge is -2.20. The molecule has 0 bridgehead atoms. The van der Waals surface area contributed by atoms with Gasteiger partial charge < -0.3 is 4.74 Å². The van der Waals surface area contributed by atoms with Gasteiger partial charge >= 0.3 is 0 Å². The van der Waals surface area contributed by atoms with E-state index in [2.05, 4.69) is 66.4 Å². The number of hydrogen-bond donors (Lipinski definition) is 0. The molecule has 3 heteroatoms. The number of aryl methyl sites for hydroxylation is 1. The molecule has 0 saturated carbocycles. The summed E-state index contributed by atoms with van der Waals surface area (Å²) in [7, 11) is 4.70. The smallest absolute Gasteiger partial charge is 0.124 e. The van der Waals surface area contributed by atoms with Crippen LogP contribution in [0.15, 0.2) is 36.4 Å². The summed E-state index contributed by atoms with van der Waals surface area (Å²) in [4.78, 5) is 0. The topological polar surface area (TPSA) is 9.23 Å². The summed E-state index contributed by atoms with van der Waals surface area (Å²) in [6.45, 7) is 6.41. The maximum absolute atomic E-state index is 5.49. The monoisotopic (exact) mass is 283 g/mol. The number of ether oxygens (including phenoxy) is 1. The third-order valence-corrected chi connectivity index (χ3v) is 4.51. The summed E-state index contributed by atoms with van der Waals surface area (Å²) in [5.74, 6) is 1.01. The van der Waals surface area contributed by atoms with Gasteiger partial charge in [0.2, 0.25) is 0 Å². The average Bonchev–Trinajstić information content (AvgIpc) is 2.43. The number of methoxy groups -OCH3 is 1. The second-order valence-corrected chi connectivity index (χ2v) is 5.62. The van der Waals surface area contributed by atoms with Crippen molar-refractivity contribution in [1.82, 2.24) is 0 Å². The Hall–Kier alpha value is -1.27. The highest BCUT2D eigenvalue weighted by Crippen LogP contribution is 2.38. The lowest BCUT2D eigenvalue weighted by molar-refractivity contribution is 0.408. The molecule has 2 unspecified atom stereocenters. The maximum atomic E-state index is 5.49. The van der Waals surface area contributed by atoms with Crippen LogP contribution in [0.2, 0.25) is 0 Å². The van der Waals surface area contributed by atoms with E-state index >= 15 is 0 Å². The van der Waals surface area contributed by atoms with E-state index in [1.807, 2.05) is 0 Å². The molecule has 0 spiro atoms. The Balaban J connectivity index is 0.00000200. The van der Waals surface area contributed by atoms with E-state index in [0.29, 0.717) is 5.66 Å². The summed E-state index contributed by atoms with van der Waals surface area (Å²) in [5, 5.41) is 0. The molecule has 0 aromatic heterocycles. The summed E-state index contributed by atoms with van der Waals surface area (Å²) < 4.78 is 5.49. The first-order valence-corrected chi connectivity index (χ1v) is 7.18. The van der Waals surface area contributed by atoms with Crippen LogP contribution in [0, 0.1) is 20.8 Å². The van der Waals surface area contributed by atoms with Crippen LogP contribution in [0.1, 0.15) is 33.5 Å². The van der Waals surface area contributed by atoms with Gasteiger partial charge in [-0.2, -0.15) is 0 Å². The molecular weight excluding hydrogens is 262 g/mol. The Labute approximate surface area is 126 Å². The number of hydrogen-bond acceptors (Lipinski definition) is 1. The summed E-state index contributed by atoms with van der Waals surface area (Å²) in [6, 6.07) is 12.8. The highest BCUT2D eigenvalue weighted by molar-refractivity contribution is 7.17. The molecule has 0 heterocycles. The Morgan fingerprint density at radius 1 is 1.00 bits per heavy atom. The summed E-state index contributed by atoms with van der Waals surface area (Å²) >= 11 is 0. The zero-order valence-corrected chi connectivity index (χ0v) is 13.8. The first-order chi connectivity index (χ1) is 9.06. The molecule has 3 radical (unpaired) electrons. The van der Waals surface area contributed by atoms with Crippen LogP contribution < -0.4 is 4.74 Å². The van der Waals surface area contributed by atoms with Crippen molar-refractivity contribution in [2.75, 3.05) is 7.11 Å². The molecule has 2 aromatic carbocycles. The van der Waals surface area contributed by atoms with Crippen molar-refractivity contribution in [3.63, 3.8) is 0 Å². The fraction of sp³-hybridized carbons (Fsp3) is 0.294. The molecule has 103 valence electrons. The van der Waals surface area contributed by atoms with Crippen molar-refractivity contribution in [2.24, 2.45) is 0 Å². The van der Waals surface area contributed by atoms with Crippen LogP contribution in [0.5, 0.6) is 5.75 Å². The number of rotatable bonds is 3. The molecule has 0 amide bonds. The van der Waals surface area contributed by atoms with Gasteiger partial charge in [0.1, 0.15) is 5.75 Å². The average molecular weight is 283 g/mol. The normalized spacial score (nSPS) is 11.7. The van der Waals surface area contributed by atoms with E-state index in [4.69, 9.17) is 4.74 Å². The molecule has 20 heavy (non-hydrogen) atoms. The molecule has 0 aliphatic heterocycles. The van der Waals surface area contributed by atoms with Crippen molar-refractivity contribution in [3.8, 4) is 5.75 Å². The first kappa shape index (κ1) is 16.8. The second-order valence-electron chi connectivity index (χ2n) is 4.95. The van der Waals surface area contributed by atoms with Crippen LogP contribution in [-0.4, -0.2) is 15.5 Å². The minimum Gasteiger partial charge on any atom is -0.496 e. The molecule has 0 saturated heterocycles. The van der Waals surface area contributed by atoms with Gasteiger partial charge in [-0.1, -0.05) is 36.4 Å². The van der Waals surface area contributed by atoms with E-state index in [-0.39, 0.29) is 8.41 Å². The van der Waals surface area contributed by atoms with Gasteiger partial charge in [-0.05, 0) is 48.6 Å². The Morgan fingerprint density at radius 3 is 2.15 bits per heavy atom. The summed E-state index contributed by atoms with van der Waals surface area (Å²) in [5.41, 5.74) is 6.74. The predicted molar refractivity (Wildman–Crippen MR) is 91.0 cm³/mol. The van der Waals surface area contributed by atoms with Gasteiger partial charge in [0.05, 0.1) is 7.11 Å². The van der Waals surface area contributed by atoms with Gasteiger partial charge in [-0.15, -0.1) is 9.24 Å². The van der Waals surface area contributed by atoms with Gasteiger partial charge in [0.15, 0.2) is 0 Å². The largest absolute Gasteiger partial charge is 0.496 e. The Bertz CT molecular complexity index is 581. The van der Waals surface area contributed by atoms with Crippen LogP contribution in [0.3, 0.4) is 0 Å². The van der Waals surface area contributed by atoms with Crippen molar-refractivity contribution in [2.45, 2.75) is 26.4 Å². The van der Waals surface area contributed by atoms with E-state index in [1.165, 1.54) is 27.8 Å². The van der Waals surface area contributed by atoms with Gasteiger partial charge in [-0.3, -0.25) is 0 Å². The molecular formula is C17H21BOP. The molecule has 0 N–H and O–H groups in total. The van der Waals surface area contributed by atoms with Crippen molar-refractivity contribution in [1.29, 1.82) is 0 Å². The molecule has 0 aliphatic carbocycles. The first-order valence-electron chi connectivity index (χ1n) is 6.51. The third kappa shape index (κ3) is 3.07. The minimum absolute atomic E-state index is 0. The molecule has 2 aromatic rings. The van der Waals surface area contributed by atoms with Gasteiger partial charge in [0.25, 0.3) is 0 Å². The fourth-order valence-electron chi connectivity index (χ4n) is 2.57. The zero-order chi connectivity index (χ0) is 14.0. The van der Waals surface area contributed by atoms with E-state index in [1.54, 1.807) is 7.11 Å². The fourth-order valence-corrected chi connectivity index (χ4v) is 3.14. The van der Waals surface area contributed by atoms with E-state index < -0.39 is 0 Å². The SMILES string of the molecule is COc1c(C)cc(C(P)c2ccccc2)c(C)c1C.[B]. The van der Waals surface area contributed by atoms with Gasteiger partial charge in [0, 0.05) is 14.1 Å². The standard InChI is InChI=1S/C17H21OP.B/c1-11-10-15(12(2)13(3)16(11)18-4)17(19)14-8-6-5-7-9-14;/h5-10,17H,19H2,1-4H3;. The maximum Gasteiger partial charge on any atom is 0.124 e. The molecule has 2 atom stereocenters. The lowest BCUT2D eigenvalue weighted by atomic mass is 9.93. The molecule has 1 nitrogen and oxygen atoms in total. The van der Waals surface area contributed by atoms with Crippen molar-refractivity contribution < 1.29 is 4.74 Å². The summed E-state index contributed by atoms with van der Waals surface area (Å²) in [6.07, 6.45) is 0. The minimum atomic E-state index is 0. The van der Waals surface area contributed by atoms with Crippen molar-refractivity contribution in [3.05, 3.63) is 64.2 Å². The van der Waals surface area contributed by atoms with Gasteiger partial charge in [-0.25, -0.2) is 0 Å². The Morgan fingerprint density at radius 2 is 1.60 bits per heavy atom. The second kappa shape index (κ2) is 6.95. The molecule has 0 aliphatic rings. The Kier molecular flexibility index (Phi) is 5.83. The predicted octanol–water partition coefficient (Wildman–Crippen LogP) is 4.20. The number of benzene rings is 2. The van der Waals surface area contributed by atoms with Crippen LogP contribution >= 0.6 is 9.24 Å². The molecule has 2 rings (SSSR count).